The van der Waals surface area contributed by atoms with Gasteiger partial charge in [0, 0.05) is 43.0 Å². The van der Waals surface area contributed by atoms with Crippen molar-refractivity contribution >= 4 is 38.3 Å². The van der Waals surface area contributed by atoms with E-state index in [1.54, 1.807) is 24.8 Å². The number of benzene rings is 1. The zero-order chi connectivity index (χ0) is 24.2. The summed E-state index contributed by atoms with van der Waals surface area (Å²) in [6.45, 7) is 6.85. The molecule has 1 aromatic heterocycles. The summed E-state index contributed by atoms with van der Waals surface area (Å²) in [4.78, 5) is 31.6. The van der Waals surface area contributed by atoms with Gasteiger partial charge in [0.15, 0.2) is 5.13 Å². The number of likely N-dealkylation sites (tertiary alicyclic amines) is 1. The Morgan fingerprint density at radius 1 is 1.24 bits per heavy atom. The highest BCUT2D eigenvalue weighted by atomic mass is 32.2. The van der Waals surface area contributed by atoms with Crippen molar-refractivity contribution in [2.45, 2.75) is 38.5 Å². The SMILES string of the molecule is CCN(CC)S(=O)(=O)c1cc(C(=O)N2CCC(C(=O)Nc3nc(C)cs3)CC2)ccc1OC. The first-order valence-corrected chi connectivity index (χ1v) is 13.2. The molecular formula is C22H30N4O5S2. The highest BCUT2D eigenvalue weighted by molar-refractivity contribution is 7.89. The highest BCUT2D eigenvalue weighted by Gasteiger charge is 2.31. The minimum absolute atomic E-state index is 0.0208. The largest absolute Gasteiger partial charge is 0.495 e. The number of thiazole rings is 1. The van der Waals surface area contributed by atoms with E-state index in [0.717, 1.165) is 5.69 Å². The lowest BCUT2D eigenvalue weighted by Gasteiger charge is -2.31. The van der Waals surface area contributed by atoms with Crippen molar-refractivity contribution in [3.63, 3.8) is 0 Å². The van der Waals surface area contributed by atoms with Gasteiger partial charge in [-0.2, -0.15) is 4.31 Å². The van der Waals surface area contributed by atoms with Crippen molar-refractivity contribution < 1.29 is 22.7 Å². The molecule has 0 radical (unpaired) electrons. The van der Waals surface area contributed by atoms with Crippen LogP contribution in [0.15, 0.2) is 28.5 Å². The minimum Gasteiger partial charge on any atom is -0.495 e. The Labute approximate surface area is 198 Å². The quantitative estimate of drug-likeness (QED) is 0.604. The van der Waals surface area contributed by atoms with Crippen molar-refractivity contribution in [1.29, 1.82) is 0 Å². The number of nitrogens with one attached hydrogen (secondary N) is 1. The molecule has 3 rings (SSSR count). The van der Waals surface area contributed by atoms with Crippen LogP contribution in [-0.4, -0.2) is 67.7 Å². The van der Waals surface area contributed by atoms with Crippen molar-refractivity contribution in [1.82, 2.24) is 14.2 Å². The number of methoxy groups -OCH3 is 1. The van der Waals surface area contributed by atoms with E-state index < -0.39 is 10.0 Å². The van der Waals surface area contributed by atoms with Crippen LogP contribution >= 0.6 is 11.3 Å². The first-order chi connectivity index (χ1) is 15.7. The Balaban J connectivity index is 1.71. The number of ether oxygens (including phenoxy) is 1. The first-order valence-electron chi connectivity index (χ1n) is 10.9. The molecular weight excluding hydrogens is 464 g/mol. The molecule has 1 fully saturated rings. The van der Waals surface area contributed by atoms with Crippen LogP contribution < -0.4 is 10.1 Å². The lowest BCUT2D eigenvalue weighted by molar-refractivity contribution is -0.121. The monoisotopic (exact) mass is 494 g/mol. The van der Waals surface area contributed by atoms with E-state index in [0.29, 0.717) is 44.2 Å². The minimum atomic E-state index is -3.80. The van der Waals surface area contributed by atoms with Crippen molar-refractivity contribution in [2.24, 2.45) is 5.92 Å². The molecule has 0 aliphatic carbocycles. The number of rotatable bonds is 8. The van der Waals surface area contributed by atoms with Crippen LogP contribution in [0.4, 0.5) is 5.13 Å². The van der Waals surface area contributed by atoms with Crippen LogP contribution in [0, 0.1) is 12.8 Å². The van der Waals surface area contributed by atoms with Gasteiger partial charge >= 0.3 is 0 Å². The smallest absolute Gasteiger partial charge is 0.253 e. The number of nitrogens with zero attached hydrogens (tertiary/aromatic N) is 3. The third-order valence-corrected chi connectivity index (χ3v) is 8.68. The molecule has 0 atom stereocenters. The van der Waals surface area contributed by atoms with Gasteiger partial charge in [-0.1, -0.05) is 13.8 Å². The second-order valence-corrected chi connectivity index (χ2v) is 10.6. The van der Waals surface area contributed by atoms with Crippen LogP contribution in [0.3, 0.4) is 0 Å². The Bertz CT molecular complexity index is 1100. The Morgan fingerprint density at radius 2 is 1.91 bits per heavy atom. The predicted molar refractivity (Wildman–Crippen MR) is 127 cm³/mol. The lowest BCUT2D eigenvalue weighted by atomic mass is 9.95. The van der Waals surface area contributed by atoms with Crippen LogP contribution in [0.5, 0.6) is 5.75 Å². The van der Waals surface area contributed by atoms with Gasteiger partial charge in [0.1, 0.15) is 10.6 Å². The van der Waals surface area contributed by atoms with Crippen LogP contribution in [0.2, 0.25) is 0 Å². The number of carbonyl (C=O) groups is 2. The molecule has 2 heterocycles. The maximum absolute atomic E-state index is 13.1. The molecule has 0 unspecified atom stereocenters. The van der Waals surface area contributed by atoms with Crippen LogP contribution in [0.1, 0.15) is 42.7 Å². The molecule has 1 N–H and O–H groups in total. The molecule has 1 saturated heterocycles. The number of sulfonamides is 1. The summed E-state index contributed by atoms with van der Waals surface area (Å²) in [5, 5.41) is 5.30. The standard InChI is InChI=1S/C22H30N4O5S2/c1-5-26(6-2)33(29,30)19-13-17(7-8-18(19)31-4)21(28)25-11-9-16(10-12-25)20(27)24-22-23-15(3)14-32-22/h7-8,13-14,16H,5-6,9-12H2,1-4H3,(H,23,24,27). The van der Waals surface area contributed by atoms with Crippen LogP contribution in [-0.2, 0) is 14.8 Å². The maximum atomic E-state index is 13.1. The van der Waals surface area contributed by atoms with Gasteiger partial charge in [-0.15, -0.1) is 11.3 Å². The van der Waals surface area contributed by atoms with Gasteiger partial charge in [0.05, 0.1) is 12.8 Å². The Kier molecular flexibility index (Phi) is 8.09. The summed E-state index contributed by atoms with van der Waals surface area (Å²) < 4.78 is 32.7. The molecule has 1 aliphatic heterocycles. The second-order valence-electron chi connectivity index (χ2n) is 7.80. The van der Waals surface area contributed by atoms with Crippen molar-refractivity contribution in [3.8, 4) is 5.75 Å². The van der Waals surface area contributed by atoms with E-state index >= 15 is 0 Å². The zero-order valence-corrected chi connectivity index (χ0v) is 21.0. The predicted octanol–water partition coefficient (Wildman–Crippen LogP) is 2.98. The molecule has 1 aromatic carbocycles. The van der Waals surface area contributed by atoms with Gasteiger partial charge in [-0.05, 0) is 38.0 Å². The molecule has 11 heteroatoms. The second kappa shape index (κ2) is 10.6. The fourth-order valence-corrected chi connectivity index (χ4v) is 6.19. The summed E-state index contributed by atoms with van der Waals surface area (Å²) in [6, 6.07) is 4.48. The zero-order valence-electron chi connectivity index (χ0n) is 19.3. The summed E-state index contributed by atoms with van der Waals surface area (Å²) in [5.74, 6) is -0.351. The number of amides is 2. The average molecular weight is 495 g/mol. The van der Waals surface area contributed by atoms with Gasteiger partial charge in [0.2, 0.25) is 15.9 Å². The van der Waals surface area contributed by atoms with E-state index in [4.69, 9.17) is 4.74 Å². The number of aryl methyl sites for hydroxylation is 1. The highest BCUT2D eigenvalue weighted by Crippen LogP contribution is 2.29. The molecule has 0 bridgehead atoms. The van der Waals surface area contributed by atoms with E-state index in [-0.39, 0.29) is 33.9 Å². The lowest BCUT2D eigenvalue weighted by Crippen LogP contribution is -2.41. The molecule has 0 spiro atoms. The Hall–Kier alpha value is -2.50. The number of hydrogen-bond donors (Lipinski definition) is 1. The molecule has 180 valence electrons. The third kappa shape index (κ3) is 5.53. The summed E-state index contributed by atoms with van der Waals surface area (Å²) in [6.07, 6.45) is 1.06. The normalized spacial score (nSPS) is 15.0. The number of aromatic nitrogens is 1. The van der Waals surface area contributed by atoms with E-state index in [9.17, 15) is 18.0 Å². The fourth-order valence-electron chi connectivity index (χ4n) is 3.86. The average Bonchev–Trinajstić information content (AvgIpc) is 3.23. The Morgan fingerprint density at radius 3 is 2.45 bits per heavy atom. The van der Waals surface area contributed by atoms with Crippen LogP contribution in [0.25, 0.3) is 0 Å². The summed E-state index contributed by atoms with van der Waals surface area (Å²) in [7, 11) is -2.40. The van der Waals surface area contributed by atoms with E-state index in [1.807, 2.05) is 12.3 Å². The number of anilines is 1. The molecule has 1 aliphatic rings. The molecule has 0 saturated carbocycles. The fraction of sp³-hybridized carbons (Fsp3) is 0.500. The number of carbonyl (C=O) groups excluding carboxylic acids is 2. The first kappa shape index (κ1) is 25.1. The molecule has 9 nitrogen and oxygen atoms in total. The molecule has 2 amide bonds. The van der Waals surface area contributed by atoms with Gasteiger partial charge < -0.3 is 15.0 Å². The van der Waals surface area contributed by atoms with E-state index in [2.05, 4.69) is 10.3 Å². The molecule has 33 heavy (non-hydrogen) atoms. The number of piperidine rings is 1. The number of hydrogen-bond acceptors (Lipinski definition) is 7. The van der Waals surface area contributed by atoms with Gasteiger partial charge in [0.25, 0.3) is 5.91 Å². The molecule has 2 aromatic rings. The summed E-state index contributed by atoms with van der Waals surface area (Å²) >= 11 is 1.39. The topological polar surface area (TPSA) is 109 Å². The van der Waals surface area contributed by atoms with Gasteiger partial charge in [-0.25, -0.2) is 13.4 Å². The van der Waals surface area contributed by atoms with Crippen molar-refractivity contribution in [2.75, 3.05) is 38.6 Å². The van der Waals surface area contributed by atoms with E-state index in [1.165, 1.54) is 34.9 Å². The summed E-state index contributed by atoms with van der Waals surface area (Å²) in [5.41, 5.74) is 1.14. The van der Waals surface area contributed by atoms with Gasteiger partial charge in [-0.3, -0.25) is 9.59 Å². The van der Waals surface area contributed by atoms with Crippen molar-refractivity contribution in [3.05, 3.63) is 34.8 Å². The third-order valence-electron chi connectivity index (χ3n) is 5.74. The maximum Gasteiger partial charge on any atom is 0.253 e.